The summed E-state index contributed by atoms with van der Waals surface area (Å²) in [4.78, 5) is 24.7. The van der Waals surface area contributed by atoms with Gasteiger partial charge in [0.1, 0.15) is 6.04 Å². The number of hydrogen-bond acceptors (Lipinski definition) is 3. The molecular formula is C18H28N2O3. The van der Waals surface area contributed by atoms with Gasteiger partial charge in [-0.1, -0.05) is 45.4 Å². The standard InChI is InChI=1S/C18H28N2O3/c1-5-13(3)15(17(22)19-12-18(4,23)6-2)20-16(21)14-10-8-7-9-11-14/h7-11,13,15,23H,5-6,12H2,1-4H3,(H,19,22)(H,20,21)/t13-,15+,18+/m0/s1. The molecule has 23 heavy (non-hydrogen) atoms. The Kier molecular flexibility index (Phi) is 7.23. The second kappa shape index (κ2) is 8.67. The van der Waals surface area contributed by atoms with E-state index in [0.29, 0.717) is 12.0 Å². The Hall–Kier alpha value is -1.88. The minimum atomic E-state index is -0.945. The van der Waals surface area contributed by atoms with Crippen LogP contribution in [0.25, 0.3) is 0 Å². The van der Waals surface area contributed by atoms with E-state index in [-0.39, 0.29) is 24.3 Å². The number of aliphatic hydroxyl groups is 1. The number of benzene rings is 1. The molecule has 3 atom stereocenters. The molecule has 1 aromatic rings. The highest BCUT2D eigenvalue weighted by molar-refractivity contribution is 5.97. The zero-order chi connectivity index (χ0) is 17.5. The molecule has 3 N–H and O–H groups in total. The first-order valence-corrected chi connectivity index (χ1v) is 8.16. The first kappa shape index (κ1) is 19.2. The summed E-state index contributed by atoms with van der Waals surface area (Å²) < 4.78 is 0. The average Bonchev–Trinajstić information content (AvgIpc) is 2.57. The van der Waals surface area contributed by atoms with Crippen LogP contribution in [0.2, 0.25) is 0 Å². The van der Waals surface area contributed by atoms with Crippen molar-refractivity contribution in [3.63, 3.8) is 0 Å². The topological polar surface area (TPSA) is 78.4 Å². The van der Waals surface area contributed by atoms with Gasteiger partial charge in [0, 0.05) is 12.1 Å². The largest absolute Gasteiger partial charge is 0.388 e. The third-order valence-electron chi connectivity index (χ3n) is 4.22. The molecule has 0 radical (unpaired) electrons. The van der Waals surface area contributed by atoms with E-state index in [9.17, 15) is 14.7 Å². The lowest BCUT2D eigenvalue weighted by Crippen LogP contribution is -2.52. The van der Waals surface area contributed by atoms with Crippen molar-refractivity contribution in [1.29, 1.82) is 0 Å². The molecular weight excluding hydrogens is 292 g/mol. The molecule has 0 aliphatic carbocycles. The summed E-state index contributed by atoms with van der Waals surface area (Å²) in [6.07, 6.45) is 1.30. The van der Waals surface area contributed by atoms with Crippen LogP contribution in [0, 0.1) is 5.92 Å². The third kappa shape index (κ3) is 6.02. The molecule has 0 spiro atoms. The summed E-state index contributed by atoms with van der Waals surface area (Å²) >= 11 is 0. The van der Waals surface area contributed by atoms with Crippen LogP contribution >= 0.6 is 0 Å². The summed E-state index contributed by atoms with van der Waals surface area (Å²) in [5.41, 5.74) is -0.423. The maximum absolute atomic E-state index is 12.4. The Morgan fingerprint density at radius 1 is 1.22 bits per heavy atom. The first-order valence-electron chi connectivity index (χ1n) is 8.16. The van der Waals surface area contributed by atoms with E-state index >= 15 is 0 Å². The van der Waals surface area contributed by atoms with E-state index in [2.05, 4.69) is 10.6 Å². The number of carbonyl (C=O) groups excluding carboxylic acids is 2. The van der Waals surface area contributed by atoms with Gasteiger partial charge in [-0.15, -0.1) is 0 Å². The van der Waals surface area contributed by atoms with Crippen molar-refractivity contribution >= 4 is 11.8 Å². The van der Waals surface area contributed by atoms with Gasteiger partial charge in [0.2, 0.25) is 5.91 Å². The molecule has 5 nitrogen and oxygen atoms in total. The Labute approximate surface area is 138 Å². The van der Waals surface area contributed by atoms with Crippen LogP contribution in [0.1, 0.15) is 50.9 Å². The number of hydrogen-bond donors (Lipinski definition) is 3. The Morgan fingerprint density at radius 3 is 2.35 bits per heavy atom. The Bertz CT molecular complexity index is 514. The third-order valence-corrected chi connectivity index (χ3v) is 4.22. The summed E-state index contributed by atoms with van der Waals surface area (Å²) in [5.74, 6) is -0.542. The van der Waals surface area contributed by atoms with Crippen LogP contribution in [0.4, 0.5) is 0 Å². The smallest absolute Gasteiger partial charge is 0.251 e. The highest BCUT2D eigenvalue weighted by Crippen LogP contribution is 2.11. The molecule has 0 aliphatic heterocycles. The lowest BCUT2D eigenvalue weighted by Gasteiger charge is -2.27. The highest BCUT2D eigenvalue weighted by Gasteiger charge is 2.28. The molecule has 0 heterocycles. The molecule has 0 aliphatic rings. The molecule has 128 valence electrons. The van der Waals surface area contributed by atoms with Gasteiger partial charge in [-0.05, 0) is 31.4 Å². The molecule has 0 fully saturated rings. The molecule has 0 saturated carbocycles. The lowest BCUT2D eigenvalue weighted by atomic mass is 9.97. The maximum Gasteiger partial charge on any atom is 0.251 e. The van der Waals surface area contributed by atoms with Crippen LogP contribution in [0.3, 0.4) is 0 Å². The fraction of sp³-hybridized carbons (Fsp3) is 0.556. The molecule has 5 heteroatoms. The van der Waals surface area contributed by atoms with E-state index in [1.54, 1.807) is 31.2 Å². The molecule has 1 aromatic carbocycles. The fourth-order valence-electron chi connectivity index (χ4n) is 2.03. The second-order valence-corrected chi connectivity index (χ2v) is 6.27. The van der Waals surface area contributed by atoms with Gasteiger partial charge in [0.15, 0.2) is 0 Å². The van der Waals surface area contributed by atoms with Gasteiger partial charge >= 0.3 is 0 Å². The Morgan fingerprint density at radius 2 is 1.83 bits per heavy atom. The van der Waals surface area contributed by atoms with E-state index in [4.69, 9.17) is 0 Å². The van der Waals surface area contributed by atoms with E-state index in [1.165, 1.54) is 0 Å². The van der Waals surface area contributed by atoms with Gasteiger partial charge in [-0.2, -0.15) is 0 Å². The highest BCUT2D eigenvalue weighted by atomic mass is 16.3. The molecule has 0 saturated heterocycles. The van der Waals surface area contributed by atoms with Crippen molar-refractivity contribution in [1.82, 2.24) is 10.6 Å². The molecule has 1 rings (SSSR count). The maximum atomic E-state index is 12.4. The zero-order valence-electron chi connectivity index (χ0n) is 14.4. The van der Waals surface area contributed by atoms with Gasteiger partial charge in [0.25, 0.3) is 5.91 Å². The van der Waals surface area contributed by atoms with Crippen molar-refractivity contribution in [2.75, 3.05) is 6.54 Å². The number of amides is 2. The van der Waals surface area contributed by atoms with Crippen molar-refractivity contribution in [3.05, 3.63) is 35.9 Å². The lowest BCUT2D eigenvalue weighted by molar-refractivity contribution is -0.125. The second-order valence-electron chi connectivity index (χ2n) is 6.27. The fourth-order valence-corrected chi connectivity index (χ4v) is 2.03. The summed E-state index contributed by atoms with van der Waals surface area (Å²) in [7, 11) is 0. The SMILES string of the molecule is CC[C@H](C)[C@@H](NC(=O)c1ccccc1)C(=O)NC[C@](C)(O)CC. The molecule has 0 unspecified atom stereocenters. The van der Waals surface area contributed by atoms with Crippen LogP contribution in [-0.2, 0) is 4.79 Å². The van der Waals surface area contributed by atoms with Crippen molar-refractivity contribution in [2.24, 2.45) is 5.92 Å². The van der Waals surface area contributed by atoms with Gasteiger partial charge in [-0.25, -0.2) is 0 Å². The quantitative estimate of drug-likeness (QED) is 0.686. The monoisotopic (exact) mass is 320 g/mol. The normalized spacial score (nSPS) is 16.0. The van der Waals surface area contributed by atoms with Crippen molar-refractivity contribution < 1.29 is 14.7 Å². The van der Waals surface area contributed by atoms with Gasteiger partial charge < -0.3 is 15.7 Å². The average molecular weight is 320 g/mol. The first-order chi connectivity index (χ1) is 10.8. The molecule has 2 amide bonds. The number of carbonyl (C=O) groups is 2. The van der Waals surface area contributed by atoms with Crippen LogP contribution < -0.4 is 10.6 Å². The van der Waals surface area contributed by atoms with Gasteiger partial charge in [-0.3, -0.25) is 9.59 Å². The van der Waals surface area contributed by atoms with Crippen LogP contribution in [0.15, 0.2) is 30.3 Å². The van der Waals surface area contributed by atoms with Crippen molar-refractivity contribution in [3.8, 4) is 0 Å². The molecule has 0 aromatic heterocycles. The van der Waals surface area contributed by atoms with E-state index in [1.807, 2.05) is 26.8 Å². The minimum absolute atomic E-state index is 0.00534. The van der Waals surface area contributed by atoms with E-state index < -0.39 is 11.6 Å². The predicted molar refractivity (Wildman–Crippen MR) is 91.1 cm³/mol. The summed E-state index contributed by atoms with van der Waals surface area (Å²) in [6.45, 7) is 7.59. The zero-order valence-corrected chi connectivity index (χ0v) is 14.4. The summed E-state index contributed by atoms with van der Waals surface area (Å²) in [5, 5.41) is 15.6. The minimum Gasteiger partial charge on any atom is -0.388 e. The summed E-state index contributed by atoms with van der Waals surface area (Å²) in [6, 6.07) is 8.20. The van der Waals surface area contributed by atoms with Crippen LogP contribution in [-0.4, -0.2) is 35.1 Å². The van der Waals surface area contributed by atoms with E-state index in [0.717, 1.165) is 6.42 Å². The number of rotatable bonds is 8. The number of nitrogens with one attached hydrogen (secondary N) is 2. The predicted octanol–water partition coefficient (Wildman–Crippen LogP) is 2.11. The van der Waals surface area contributed by atoms with Crippen molar-refractivity contribution in [2.45, 2.75) is 52.2 Å². The molecule has 0 bridgehead atoms. The van der Waals surface area contributed by atoms with Crippen LogP contribution in [0.5, 0.6) is 0 Å². The Balaban J connectivity index is 2.76. The van der Waals surface area contributed by atoms with Gasteiger partial charge in [0.05, 0.1) is 5.60 Å².